The number of aliphatic imine (C=N–C) groups is 2. The monoisotopic (exact) mass is 362 g/mol. The van der Waals surface area contributed by atoms with Gasteiger partial charge in [0, 0.05) is 38.0 Å². The maximum Gasteiger partial charge on any atom is 0.289 e. The number of thiophene rings is 1. The lowest BCUT2D eigenvalue weighted by Crippen LogP contribution is -2.38. The van der Waals surface area contributed by atoms with Crippen LogP contribution in [0.1, 0.15) is 22.2 Å². The number of alkyl halides is 1. The number of fused-ring (bicyclic) bond motifs is 1. The molecule has 0 radical (unpaired) electrons. The van der Waals surface area contributed by atoms with Crippen LogP contribution >= 0.6 is 11.3 Å². The highest BCUT2D eigenvalue weighted by Gasteiger charge is 2.43. The second kappa shape index (κ2) is 6.01. The van der Waals surface area contributed by atoms with Crippen molar-refractivity contribution in [3.05, 3.63) is 21.9 Å². The molecule has 4 heterocycles. The molecular formula is C17H19FN4O2S. The van der Waals surface area contributed by atoms with Gasteiger partial charge in [-0.2, -0.15) is 4.99 Å². The van der Waals surface area contributed by atoms with E-state index < -0.39 is 12.1 Å². The molecule has 3 aliphatic heterocycles. The van der Waals surface area contributed by atoms with Gasteiger partial charge >= 0.3 is 0 Å². The molecular weight excluding hydrogens is 343 g/mol. The number of guanidine groups is 1. The van der Waals surface area contributed by atoms with E-state index in [4.69, 9.17) is 0 Å². The Balaban J connectivity index is 1.42. The summed E-state index contributed by atoms with van der Waals surface area (Å²) in [5.74, 6) is 0.309. The van der Waals surface area contributed by atoms with E-state index in [0.717, 1.165) is 10.4 Å². The maximum atomic E-state index is 13.5. The molecule has 0 spiro atoms. The maximum absolute atomic E-state index is 13.5. The van der Waals surface area contributed by atoms with Crippen LogP contribution in [-0.2, 0) is 4.79 Å². The van der Waals surface area contributed by atoms with Gasteiger partial charge in [0.1, 0.15) is 0 Å². The number of carbonyl (C=O) groups is 2. The number of likely N-dealkylation sites (tertiary alicyclic amines) is 2. The zero-order valence-corrected chi connectivity index (χ0v) is 14.9. The molecule has 3 atom stereocenters. The highest BCUT2D eigenvalue weighted by Crippen LogP contribution is 2.33. The minimum atomic E-state index is -1.71. The van der Waals surface area contributed by atoms with Crippen LogP contribution in [0.15, 0.2) is 21.4 Å². The molecule has 1 aromatic heterocycles. The first-order chi connectivity index (χ1) is 11.9. The van der Waals surface area contributed by atoms with Crippen LogP contribution in [0.5, 0.6) is 0 Å². The molecule has 1 aromatic rings. The van der Waals surface area contributed by atoms with Gasteiger partial charge in [-0.3, -0.25) is 9.59 Å². The number of rotatable bonds is 1. The number of hydrogen-bond acceptors (Lipinski definition) is 5. The smallest absolute Gasteiger partial charge is 0.289 e. The summed E-state index contributed by atoms with van der Waals surface area (Å²) < 4.78 is 13.5. The summed E-state index contributed by atoms with van der Waals surface area (Å²) in [6.07, 6.45) is -1.71. The van der Waals surface area contributed by atoms with E-state index in [2.05, 4.69) is 9.98 Å². The fraction of sp³-hybridized carbons (Fsp3) is 0.529. The Bertz CT molecular complexity index is 788. The van der Waals surface area contributed by atoms with Crippen molar-refractivity contribution in [2.75, 3.05) is 26.2 Å². The lowest BCUT2D eigenvalue weighted by molar-refractivity contribution is -0.120. The van der Waals surface area contributed by atoms with E-state index >= 15 is 0 Å². The quantitative estimate of drug-likeness (QED) is 0.765. The van der Waals surface area contributed by atoms with Crippen LogP contribution in [0.2, 0.25) is 0 Å². The molecule has 0 bridgehead atoms. The van der Waals surface area contributed by atoms with Gasteiger partial charge in [0.05, 0.1) is 10.6 Å². The Hall–Kier alpha value is -2.09. The number of carbonyl (C=O) groups excluding carboxylic acids is 2. The topological polar surface area (TPSA) is 65.3 Å². The first-order valence-electron chi connectivity index (χ1n) is 8.33. The SMILES string of the molecule is CC1=NC(N2CC3CN(C(=O)c4cc(C)cs4)CC3C2)=NC(=O)C1F. The summed E-state index contributed by atoms with van der Waals surface area (Å²) in [7, 11) is 0. The van der Waals surface area contributed by atoms with E-state index in [-0.39, 0.29) is 11.6 Å². The standard InChI is InChI=1S/C17H19FN4O2S/c1-9-3-13(25-8-9)16(24)21-4-11-6-22(7-12(11)5-21)17-19-10(2)14(18)15(23)20-17/h3,8,11-12,14H,4-7H2,1-2H3. The average Bonchev–Trinajstić information content (AvgIpc) is 3.25. The summed E-state index contributed by atoms with van der Waals surface area (Å²) in [6, 6.07) is 1.93. The fourth-order valence-corrected chi connectivity index (χ4v) is 4.60. The van der Waals surface area contributed by atoms with Crippen molar-refractivity contribution in [3.8, 4) is 0 Å². The Labute approximate surface area is 149 Å². The molecule has 2 saturated heterocycles. The summed E-state index contributed by atoms with van der Waals surface area (Å²) in [5.41, 5.74) is 1.27. The molecule has 6 nitrogen and oxygen atoms in total. The Kier molecular flexibility index (Phi) is 3.94. The molecule has 25 heavy (non-hydrogen) atoms. The minimum absolute atomic E-state index is 0.0957. The van der Waals surface area contributed by atoms with Gasteiger partial charge in [-0.05, 0) is 30.9 Å². The predicted molar refractivity (Wildman–Crippen MR) is 94.0 cm³/mol. The second-order valence-electron chi connectivity index (χ2n) is 6.99. The largest absolute Gasteiger partial charge is 0.340 e. The van der Waals surface area contributed by atoms with Gasteiger partial charge in [-0.25, -0.2) is 9.38 Å². The third kappa shape index (κ3) is 2.88. The fourth-order valence-electron chi connectivity index (χ4n) is 3.74. The van der Waals surface area contributed by atoms with Crippen molar-refractivity contribution >= 4 is 34.8 Å². The predicted octanol–water partition coefficient (Wildman–Crippen LogP) is 1.76. The zero-order valence-electron chi connectivity index (χ0n) is 14.1. The summed E-state index contributed by atoms with van der Waals surface area (Å²) in [4.78, 5) is 36.8. The van der Waals surface area contributed by atoms with Gasteiger partial charge in [0.25, 0.3) is 11.8 Å². The van der Waals surface area contributed by atoms with Gasteiger partial charge in [0.2, 0.25) is 12.1 Å². The highest BCUT2D eigenvalue weighted by molar-refractivity contribution is 7.12. The van der Waals surface area contributed by atoms with Crippen LogP contribution in [0.3, 0.4) is 0 Å². The van der Waals surface area contributed by atoms with Gasteiger partial charge in [-0.15, -0.1) is 11.3 Å². The van der Waals surface area contributed by atoms with Crippen molar-refractivity contribution in [2.45, 2.75) is 20.0 Å². The van der Waals surface area contributed by atoms with Crippen LogP contribution in [0.25, 0.3) is 0 Å². The third-order valence-corrected chi connectivity index (χ3v) is 6.10. The number of aryl methyl sites for hydroxylation is 1. The van der Waals surface area contributed by atoms with E-state index in [9.17, 15) is 14.0 Å². The Morgan fingerprint density at radius 1 is 1.20 bits per heavy atom. The van der Waals surface area contributed by atoms with Crippen LogP contribution in [-0.4, -0.2) is 65.6 Å². The van der Waals surface area contributed by atoms with Gasteiger partial charge in [0.15, 0.2) is 0 Å². The first kappa shape index (κ1) is 16.4. The van der Waals surface area contributed by atoms with Crippen molar-refractivity contribution in [3.63, 3.8) is 0 Å². The Morgan fingerprint density at radius 2 is 1.88 bits per heavy atom. The van der Waals surface area contributed by atoms with Crippen LogP contribution in [0, 0.1) is 18.8 Å². The van der Waals surface area contributed by atoms with Crippen LogP contribution < -0.4 is 0 Å². The molecule has 3 unspecified atom stereocenters. The average molecular weight is 362 g/mol. The normalized spacial score (nSPS) is 28.9. The Morgan fingerprint density at radius 3 is 2.44 bits per heavy atom. The molecule has 3 aliphatic rings. The lowest BCUT2D eigenvalue weighted by atomic mass is 10.0. The van der Waals surface area contributed by atoms with Crippen LogP contribution in [0.4, 0.5) is 4.39 Å². The summed E-state index contributed by atoms with van der Waals surface area (Å²) in [6.45, 7) is 6.28. The number of nitrogens with zero attached hydrogens (tertiary/aromatic N) is 4. The zero-order chi connectivity index (χ0) is 17.7. The summed E-state index contributed by atoms with van der Waals surface area (Å²) >= 11 is 1.48. The molecule has 4 rings (SSSR count). The number of amides is 2. The molecule has 2 fully saturated rings. The van der Waals surface area contributed by atoms with E-state index in [1.807, 2.05) is 28.2 Å². The van der Waals surface area contributed by atoms with Crippen molar-refractivity contribution in [1.29, 1.82) is 0 Å². The molecule has 0 N–H and O–H groups in total. The second-order valence-corrected chi connectivity index (χ2v) is 7.90. The number of hydrogen-bond donors (Lipinski definition) is 0. The van der Waals surface area contributed by atoms with Crippen molar-refractivity contribution in [2.24, 2.45) is 21.8 Å². The van der Waals surface area contributed by atoms with E-state index in [1.54, 1.807) is 0 Å². The minimum Gasteiger partial charge on any atom is -0.340 e. The third-order valence-electron chi connectivity index (χ3n) is 5.07. The highest BCUT2D eigenvalue weighted by atomic mass is 32.1. The number of halogens is 1. The molecule has 0 saturated carbocycles. The molecule has 8 heteroatoms. The van der Waals surface area contributed by atoms with Crippen molar-refractivity contribution in [1.82, 2.24) is 9.80 Å². The lowest BCUT2D eigenvalue weighted by Gasteiger charge is -2.24. The molecule has 2 amide bonds. The van der Waals surface area contributed by atoms with Gasteiger partial charge < -0.3 is 9.80 Å². The molecule has 0 aromatic carbocycles. The van der Waals surface area contributed by atoms with Gasteiger partial charge in [-0.1, -0.05) is 0 Å². The van der Waals surface area contributed by atoms with E-state index in [0.29, 0.717) is 44.0 Å². The first-order valence-corrected chi connectivity index (χ1v) is 9.21. The van der Waals surface area contributed by atoms with Crippen molar-refractivity contribution < 1.29 is 14.0 Å². The molecule has 132 valence electrons. The summed E-state index contributed by atoms with van der Waals surface area (Å²) in [5, 5.41) is 1.99. The van der Waals surface area contributed by atoms with E-state index in [1.165, 1.54) is 18.3 Å². The molecule has 0 aliphatic carbocycles.